The van der Waals surface area contributed by atoms with Crippen molar-refractivity contribution in [3.05, 3.63) is 29.3 Å². The predicted molar refractivity (Wildman–Crippen MR) is 71.1 cm³/mol. The highest BCUT2D eigenvalue weighted by molar-refractivity contribution is 6.30. The third kappa shape index (κ3) is 3.15. The Balaban J connectivity index is 1.93. The van der Waals surface area contributed by atoms with Gasteiger partial charge in [-0.25, -0.2) is 0 Å². The van der Waals surface area contributed by atoms with Gasteiger partial charge in [0.05, 0.1) is 0 Å². The monoisotopic (exact) mass is 237 g/mol. The molecule has 0 aromatic heterocycles. The zero-order valence-corrected chi connectivity index (χ0v) is 10.6. The molecule has 1 atom stereocenters. The first-order valence-electron chi connectivity index (χ1n) is 6.28. The lowest BCUT2D eigenvalue weighted by atomic mass is 9.84. The number of anilines is 1. The summed E-state index contributed by atoms with van der Waals surface area (Å²) in [6, 6.07) is 8.56. The van der Waals surface area contributed by atoms with Crippen molar-refractivity contribution in [2.24, 2.45) is 5.92 Å². The van der Waals surface area contributed by atoms with E-state index in [1.807, 2.05) is 18.2 Å². The number of hydrogen-bond acceptors (Lipinski definition) is 1. The fourth-order valence-corrected chi connectivity index (χ4v) is 2.78. The fourth-order valence-electron chi connectivity index (χ4n) is 2.59. The zero-order valence-electron chi connectivity index (χ0n) is 9.88. The van der Waals surface area contributed by atoms with E-state index in [0.717, 1.165) is 16.6 Å². The second-order valence-electron chi connectivity index (χ2n) is 4.84. The molecule has 0 saturated heterocycles. The number of halogens is 1. The largest absolute Gasteiger partial charge is 0.382 e. The molecule has 0 radical (unpaired) electrons. The Bertz CT molecular complexity index is 331. The predicted octanol–water partition coefficient (Wildman–Crippen LogP) is 4.72. The fraction of sp³-hybridized carbons (Fsp3) is 0.571. The van der Waals surface area contributed by atoms with Crippen LogP contribution in [0.3, 0.4) is 0 Å². The molecule has 0 bridgehead atoms. The van der Waals surface area contributed by atoms with E-state index in [1.54, 1.807) is 0 Å². The molecular weight excluding hydrogens is 218 g/mol. The number of rotatable bonds is 3. The summed E-state index contributed by atoms with van der Waals surface area (Å²) in [5.74, 6) is 0.827. The van der Waals surface area contributed by atoms with Crippen LogP contribution in [0.2, 0.25) is 5.02 Å². The van der Waals surface area contributed by atoms with E-state index < -0.39 is 0 Å². The lowest BCUT2D eigenvalue weighted by molar-refractivity contribution is 0.328. The van der Waals surface area contributed by atoms with Crippen LogP contribution in [0.25, 0.3) is 0 Å². The maximum atomic E-state index is 5.97. The topological polar surface area (TPSA) is 12.0 Å². The molecule has 2 heteroatoms. The van der Waals surface area contributed by atoms with Gasteiger partial charge in [-0.05, 0) is 43.9 Å². The van der Waals surface area contributed by atoms with E-state index in [-0.39, 0.29) is 0 Å². The summed E-state index contributed by atoms with van der Waals surface area (Å²) in [5.41, 5.74) is 1.14. The Kier molecular flexibility index (Phi) is 4.11. The SMILES string of the molecule is CC(Nc1cccc(Cl)c1)C1CCCCC1. The lowest BCUT2D eigenvalue weighted by Crippen LogP contribution is -2.27. The molecule has 16 heavy (non-hydrogen) atoms. The van der Waals surface area contributed by atoms with Gasteiger partial charge in [0.1, 0.15) is 0 Å². The highest BCUT2D eigenvalue weighted by Gasteiger charge is 2.19. The maximum absolute atomic E-state index is 5.97. The number of hydrogen-bond donors (Lipinski definition) is 1. The molecule has 1 nitrogen and oxygen atoms in total. The van der Waals surface area contributed by atoms with Crippen molar-refractivity contribution >= 4 is 17.3 Å². The molecule has 0 heterocycles. The van der Waals surface area contributed by atoms with Crippen molar-refractivity contribution < 1.29 is 0 Å². The van der Waals surface area contributed by atoms with Crippen molar-refractivity contribution in [2.75, 3.05) is 5.32 Å². The Morgan fingerprint density at radius 2 is 2.00 bits per heavy atom. The lowest BCUT2D eigenvalue weighted by Gasteiger charge is -2.29. The summed E-state index contributed by atoms with van der Waals surface area (Å²) in [5, 5.41) is 4.37. The minimum atomic E-state index is 0.554. The molecule has 1 unspecified atom stereocenters. The molecule has 0 spiro atoms. The minimum Gasteiger partial charge on any atom is -0.382 e. The second kappa shape index (κ2) is 5.58. The van der Waals surface area contributed by atoms with Crippen LogP contribution in [0.5, 0.6) is 0 Å². The van der Waals surface area contributed by atoms with Gasteiger partial charge in [0.25, 0.3) is 0 Å². The van der Waals surface area contributed by atoms with Gasteiger partial charge in [0.2, 0.25) is 0 Å². The molecule has 88 valence electrons. The van der Waals surface area contributed by atoms with Crippen LogP contribution in [0, 0.1) is 5.92 Å². The zero-order chi connectivity index (χ0) is 11.4. The van der Waals surface area contributed by atoms with Crippen molar-refractivity contribution in [1.29, 1.82) is 0 Å². The van der Waals surface area contributed by atoms with Crippen molar-refractivity contribution in [3.63, 3.8) is 0 Å². The summed E-state index contributed by atoms with van der Waals surface area (Å²) in [6.07, 6.45) is 6.95. The van der Waals surface area contributed by atoms with E-state index in [1.165, 1.54) is 32.1 Å². The quantitative estimate of drug-likeness (QED) is 0.802. The Morgan fingerprint density at radius 1 is 1.25 bits per heavy atom. The van der Waals surface area contributed by atoms with Crippen LogP contribution in [-0.2, 0) is 0 Å². The van der Waals surface area contributed by atoms with Gasteiger partial charge in [-0.3, -0.25) is 0 Å². The molecule has 1 fully saturated rings. The van der Waals surface area contributed by atoms with E-state index >= 15 is 0 Å². The van der Waals surface area contributed by atoms with E-state index in [2.05, 4.69) is 18.3 Å². The molecule has 1 aromatic rings. The summed E-state index contributed by atoms with van der Waals surface area (Å²) in [4.78, 5) is 0. The third-order valence-corrected chi connectivity index (χ3v) is 3.81. The van der Waals surface area contributed by atoms with Crippen LogP contribution in [-0.4, -0.2) is 6.04 Å². The second-order valence-corrected chi connectivity index (χ2v) is 5.28. The number of benzene rings is 1. The molecule has 1 saturated carbocycles. The molecule has 0 aliphatic heterocycles. The molecule has 1 aliphatic rings. The number of nitrogens with one attached hydrogen (secondary N) is 1. The van der Waals surface area contributed by atoms with E-state index in [4.69, 9.17) is 11.6 Å². The molecule has 1 N–H and O–H groups in total. The Labute approximate surface area is 103 Å². The van der Waals surface area contributed by atoms with Crippen LogP contribution < -0.4 is 5.32 Å². The van der Waals surface area contributed by atoms with Crippen LogP contribution in [0.1, 0.15) is 39.0 Å². The van der Waals surface area contributed by atoms with Gasteiger partial charge < -0.3 is 5.32 Å². The Morgan fingerprint density at radius 3 is 2.69 bits per heavy atom. The molecule has 1 aliphatic carbocycles. The highest BCUT2D eigenvalue weighted by atomic mass is 35.5. The first kappa shape index (κ1) is 11.8. The van der Waals surface area contributed by atoms with Gasteiger partial charge in [-0.15, -0.1) is 0 Å². The average Bonchev–Trinajstić information content (AvgIpc) is 2.30. The molecular formula is C14H20ClN. The van der Waals surface area contributed by atoms with Gasteiger partial charge in [-0.1, -0.05) is 36.9 Å². The smallest absolute Gasteiger partial charge is 0.0426 e. The first-order valence-corrected chi connectivity index (χ1v) is 6.65. The minimum absolute atomic E-state index is 0.554. The average molecular weight is 238 g/mol. The van der Waals surface area contributed by atoms with Crippen molar-refractivity contribution in [2.45, 2.75) is 45.1 Å². The summed E-state index contributed by atoms with van der Waals surface area (Å²) >= 11 is 5.97. The van der Waals surface area contributed by atoms with E-state index in [9.17, 15) is 0 Å². The third-order valence-electron chi connectivity index (χ3n) is 3.58. The van der Waals surface area contributed by atoms with E-state index in [0.29, 0.717) is 6.04 Å². The van der Waals surface area contributed by atoms with Crippen LogP contribution >= 0.6 is 11.6 Å². The van der Waals surface area contributed by atoms with Gasteiger partial charge in [-0.2, -0.15) is 0 Å². The maximum Gasteiger partial charge on any atom is 0.0426 e. The molecule has 1 aromatic carbocycles. The van der Waals surface area contributed by atoms with Crippen LogP contribution in [0.4, 0.5) is 5.69 Å². The standard InChI is InChI=1S/C14H20ClN/c1-11(12-6-3-2-4-7-12)16-14-9-5-8-13(15)10-14/h5,8-12,16H,2-4,6-7H2,1H3. The van der Waals surface area contributed by atoms with Crippen molar-refractivity contribution in [1.82, 2.24) is 0 Å². The normalized spacial score (nSPS) is 19.4. The summed E-state index contributed by atoms with van der Waals surface area (Å²) in [6.45, 7) is 2.29. The Hall–Kier alpha value is -0.690. The van der Waals surface area contributed by atoms with Crippen LogP contribution in [0.15, 0.2) is 24.3 Å². The molecule has 0 amide bonds. The molecule has 2 rings (SSSR count). The van der Waals surface area contributed by atoms with Gasteiger partial charge >= 0.3 is 0 Å². The van der Waals surface area contributed by atoms with Gasteiger partial charge in [0.15, 0.2) is 0 Å². The summed E-state index contributed by atoms with van der Waals surface area (Å²) in [7, 11) is 0. The van der Waals surface area contributed by atoms with Gasteiger partial charge in [0, 0.05) is 16.8 Å². The summed E-state index contributed by atoms with van der Waals surface area (Å²) < 4.78 is 0. The first-order chi connectivity index (χ1) is 7.75. The highest BCUT2D eigenvalue weighted by Crippen LogP contribution is 2.28. The van der Waals surface area contributed by atoms with Crippen molar-refractivity contribution in [3.8, 4) is 0 Å².